The minimum atomic E-state index is -5.00. The summed E-state index contributed by atoms with van der Waals surface area (Å²) < 4.78 is 38.4. The van der Waals surface area contributed by atoms with Gasteiger partial charge in [-0.05, 0) is 33.1 Å². The Bertz CT molecular complexity index is 448. The Morgan fingerprint density at radius 3 is 2.43 bits per heavy atom. The largest absolute Gasteiger partial charge is 0.480 e. The van der Waals surface area contributed by atoms with Gasteiger partial charge in [0.25, 0.3) is 0 Å². The van der Waals surface area contributed by atoms with E-state index in [0.29, 0.717) is 19.9 Å². The molecule has 1 unspecified atom stereocenters. The van der Waals surface area contributed by atoms with Crippen LogP contribution in [-0.4, -0.2) is 46.7 Å². The van der Waals surface area contributed by atoms with Crippen LogP contribution in [0.5, 0.6) is 0 Å². The van der Waals surface area contributed by atoms with Gasteiger partial charge in [-0.15, -0.1) is 0 Å². The molecule has 1 aliphatic carbocycles. The van der Waals surface area contributed by atoms with Crippen molar-refractivity contribution in [3.63, 3.8) is 0 Å². The number of allylic oxidation sites excluding steroid dienone is 2. The summed E-state index contributed by atoms with van der Waals surface area (Å²) in [5.41, 5.74) is -2.36. The number of carboxylic acids is 1. The van der Waals surface area contributed by atoms with Gasteiger partial charge < -0.3 is 10.0 Å². The minimum Gasteiger partial charge on any atom is -0.480 e. The lowest BCUT2D eigenvalue weighted by Gasteiger charge is -2.30. The van der Waals surface area contributed by atoms with E-state index in [2.05, 4.69) is 0 Å². The first-order valence-electron chi connectivity index (χ1n) is 6.68. The number of halogens is 3. The number of hydrogen-bond donors (Lipinski definition) is 2. The first kappa shape index (κ1) is 17.5. The lowest BCUT2D eigenvalue weighted by Crippen LogP contribution is -2.61. The molecule has 1 amide bonds. The third-order valence-electron chi connectivity index (χ3n) is 3.57. The fraction of sp³-hybridized carbons (Fsp3) is 0.692. The van der Waals surface area contributed by atoms with Crippen molar-refractivity contribution in [2.45, 2.75) is 44.8 Å². The summed E-state index contributed by atoms with van der Waals surface area (Å²) in [7, 11) is 0. The summed E-state index contributed by atoms with van der Waals surface area (Å²) in [6.07, 6.45) is -0.677. The van der Waals surface area contributed by atoms with Crippen molar-refractivity contribution in [2.75, 3.05) is 13.1 Å². The van der Waals surface area contributed by atoms with Gasteiger partial charge in [0.1, 0.15) is 0 Å². The molecule has 1 rings (SSSR count). The Hall–Kier alpha value is -1.57. The van der Waals surface area contributed by atoms with Gasteiger partial charge in [0.15, 0.2) is 0 Å². The van der Waals surface area contributed by atoms with E-state index in [1.165, 1.54) is 4.90 Å². The Morgan fingerprint density at radius 2 is 2.05 bits per heavy atom. The molecule has 0 spiro atoms. The van der Waals surface area contributed by atoms with Gasteiger partial charge in [0, 0.05) is 12.2 Å². The average molecular weight is 308 g/mol. The molecule has 0 aromatic carbocycles. The van der Waals surface area contributed by atoms with Crippen molar-refractivity contribution in [1.29, 1.82) is 0 Å². The van der Waals surface area contributed by atoms with Gasteiger partial charge in [0.2, 0.25) is 11.4 Å². The number of carbonyl (C=O) groups excluding carboxylic acids is 1. The summed E-state index contributed by atoms with van der Waals surface area (Å²) in [6, 6.07) is 0. The van der Waals surface area contributed by atoms with Crippen molar-refractivity contribution < 1.29 is 27.9 Å². The minimum absolute atomic E-state index is 0.335. The number of aliphatic carboxylic acids is 1. The fourth-order valence-corrected chi connectivity index (χ4v) is 2.08. The highest BCUT2D eigenvalue weighted by molar-refractivity contribution is 5.83. The average Bonchev–Trinajstić information content (AvgIpc) is 2.88. The first-order chi connectivity index (χ1) is 9.63. The van der Waals surface area contributed by atoms with Gasteiger partial charge in [-0.3, -0.25) is 10.1 Å². The summed E-state index contributed by atoms with van der Waals surface area (Å²) >= 11 is 0. The smallest absolute Gasteiger partial charge is 0.417 e. The summed E-state index contributed by atoms with van der Waals surface area (Å²) in [5.74, 6) is -2.63. The molecular weight excluding hydrogens is 289 g/mol. The lowest BCUT2D eigenvalue weighted by molar-refractivity contribution is -0.205. The molecule has 0 fully saturated rings. The molecule has 0 aliphatic heterocycles. The predicted molar refractivity (Wildman–Crippen MR) is 69.4 cm³/mol. The molecule has 0 heterocycles. The molecule has 120 valence electrons. The molecule has 2 N–H and O–H groups in total. The van der Waals surface area contributed by atoms with E-state index in [1.54, 1.807) is 6.92 Å². The zero-order chi connectivity index (χ0) is 16.3. The number of amides is 1. The number of likely N-dealkylation sites (N-methyl/N-ethyl adjacent to an activating group) is 1. The van der Waals surface area contributed by atoms with E-state index < -0.39 is 30.1 Å². The van der Waals surface area contributed by atoms with Gasteiger partial charge in [-0.2, -0.15) is 13.2 Å². The number of rotatable bonds is 6. The van der Waals surface area contributed by atoms with Crippen LogP contribution >= 0.6 is 0 Å². The van der Waals surface area contributed by atoms with E-state index in [0.717, 1.165) is 18.5 Å². The Balaban J connectivity index is 2.76. The second-order valence-electron chi connectivity index (χ2n) is 5.01. The van der Waals surface area contributed by atoms with Gasteiger partial charge in [-0.25, -0.2) is 4.79 Å². The first-order valence-corrected chi connectivity index (χ1v) is 6.68. The maximum absolute atomic E-state index is 12.8. The zero-order valence-corrected chi connectivity index (χ0v) is 12.0. The summed E-state index contributed by atoms with van der Waals surface area (Å²) in [5, 5.41) is 10.6. The van der Waals surface area contributed by atoms with Crippen LogP contribution in [0.1, 0.15) is 33.1 Å². The second-order valence-corrected chi connectivity index (χ2v) is 5.01. The highest BCUT2D eigenvalue weighted by atomic mass is 19.4. The van der Waals surface area contributed by atoms with Crippen LogP contribution in [0, 0.1) is 0 Å². The van der Waals surface area contributed by atoms with E-state index in [-0.39, 0.29) is 0 Å². The van der Waals surface area contributed by atoms with Gasteiger partial charge in [-0.1, -0.05) is 6.08 Å². The van der Waals surface area contributed by atoms with Gasteiger partial charge in [0.05, 0.1) is 6.54 Å². The fourth-order valence-electron chi connectivity index (χ4n) is 2.08. The normalized spacial score (nSPS) is 18.0. The standard InChI is InChI=1S/C13H19F3N2O3/c1-3-18(9-6-4-5-7-9)10(19)8-17-12(2,11(20)21)13(14,15)16/h6,17H,3-5,7-8H2,1-2H3,(H,20,21). The molecule has 0 aromatic rings. The molecule has 8 heteroatoms. The van der Waals surface area contributed by atoms with Gasteiger partial charge >= 0.3 is 12.1 Å². The van der Waals surface area contributed by atoms with Crippen LogP contribution in [0.4, 0.5) is 13.2 Å². The van der Waals surface area contributed by atoms with Crippen molar-refractivity contribution >= 4 is 11.9 Å². The Labute approximate surface area is 120 Å². The Morgan fingerprint density at radius 1 is 1.43 bits per heavy atom. The quantitative estimate of drug-likeness (QED) is 0.786. The maximum atomic E-state index is 12.8. The third kappa shape index (κ3) is 3.75. The second kappa shape index (κ2) is 6.46. The van der Waals surface area contributed by atoms with Crippen LogP contribution in [0.3, 0.4) is 0 Å². The van der Waals surface area contributed by atoms with Crippen molar-refractivity contribution in [3.05, 3.63) is 11.8 Å². The molecule has 0 bridgehead atoms. The van der Waals surface area contributed by atoms with Crippen LogP contribution in [0.15, 0.2) is 11.8 Å². The van der Waals surface area contributed by atoms with Crippen LogP contribution in [0.2, 0.25) is 0 Å². The number of nitrogens with zero attached hydrogens (tertiary/aromatic N) is 1. The van der Waals surface area contributed by atoms with Crippen LogP contribution < -0.4 is 5.32 Å². The highest BCUT2D eigenvalue weighted by Gasteiger charge is 2.57. The van der Waals surface area contributed by atoms with Crippen molar-refractivity contribution in [1.82, 2.24) is 10.2 Å². The predicted octanol–water partition coefficient (Wildman–Crippen LogP) is 1.90. The maximum Gasteiger partial charge on any atom is 0.417 e. The number of carboxylic acid groups (broad SMARTS) is 1. The van der Waals surface area contributed by atoms with Crippen LogP contribution in [0.25, 0.3) is 0 Å². The molecule has 1 atom stereocenters. The molecular formula is C13H19F3N2O3. The SMILES string of the molecule is CCN(C(=O)CNC(C)(C(=O)O)C(F)(F)F)C1=CCCC1. The topological polar surface area (TPSA) is 69.6 Å². The monoisotopic (exact) mass is 308 g/mol. The molecule has 0 aromatic heterocycles. The molecule has 0 saturated carbocycles. The van der Waals surface area contributed by atoms with E-state index in [1.807, 2.05) is 11.4 Å². The Kier molecular flexibility index (Phi) is 5.38. The number of alkyl halides is 3. The lowest BCUT2D eigenvalue weighted by atomic mass is 10.0. The van der Waals surface area contributed by atoms with E-state index in [9.17, 15) is 22.8 Å². The molecule has 0 radical (unpaired) electrons. The highest BCUT2D eigenvalue weighted by Crippen LogP contribution is 2.30. The molecule has 5 nitrogen and oxygen atoms in total. The van der Waals surface area contributed by atoms with Crippen molar-refractivity contribution in [3.8, 4) is 0 Å². The molecule has 21 heavy (non-hydrogen) atoms. The zero-order valence-electron chi connectivity index (χ0n) is 12.0. The number of nitrogens with one attached hydrogen (secondary N) is 1. The molecule has 0 saturated heterocycles. The van der Waals surface area contributed by atoms with Crippen LogP contribution in [-0.2, 0) is 9.59 Å². The van der Waals surface area contributed by atoms with Crippen molar-refractivity contribution in [2.24, 2.45) is 0 Å². The van der Waals surface area contributed by atoms with E-state index in [4.69, 9.17) is 5.11 Å². The number of hydrogen-bond acceptors (Lipinski definition) is 3. The third-order valence-corrected chi connectivity index (χ3v) is 3.57. The summed E-state index contributed by atoms with van der Waals surface area (Å²) in [4.78, 5) is 24.3. The summed E-state index contributed by atoms with van der Waals surface area (Å²) in [6.45, 7) is 1.88. The number of carbonyl (C=O) groups is 2. The van der Waals surface area contributed by atoms with E-state index >= 15 is 0 Å². The molecule has 1 aliphatic rings.